The Morgan fingerprint density at radius 2 is 1.32 bits per heavy atom. The quantitative estimate of drug-likeness (QED) is 0.243. The fourth-order valence-electron chi connectivity index (χ4n) is 6.37. The molecule has 0 aromatic heterocycles. The van der Waals surface area contributed by atoms with Crippen molar-refractivity contribution in [3.8, 4) is 11.1 Å². The number of likely N-dealkylation sites (N-methyl/N-ethyl adjacent to an activating group) is 2. The first-order chi connectivity index (χ1) is 22.3. The predicted octanol–water partition coefficient (Wildman–Crippen LogP) is 6.13. The fourth-order valence-corrected chi connectivity index (χ4v) is 6.37. The maximum Gasteiger partial charge on any atom is 0.246 e. The highest BCUT2D eigenvalue weighted by Crippen LogP contribution is 2.23. The van der Waals surface area contributed by atoms with E-state index in [-0.39, 0.29) is 17.7 Å². The van der Waals surface area contributed by atoms with Gasteiger partial charge >= 0.3 is 0 Å². The SMILES string of the molecule is C/C(=C\C(=O)N(C)[C@H](Cc1ccc(-c2ccccc2)cc1)C(=O)N(C)[C@H](Cc1ccccc1)C(=O)N1CCC(C)CC1)CC(C)(C)N. The van der Waals surface area contributed by atoms with E-state index >= 15 is 0 Å². The molecule has 0 bridgehead atoms. The van der Waals surface area contributed by atoms with Crippen molar-refractivity contribution >= 4 is 17.7 Å². The minimum atomic E-state index is -0.822. The fraction of sp³-hybridized carbons (Fsp3) is 0.425. The van der Waals surface area contributed by atoms with Gasteiger partial charge in [0.05, 0.1) is 0 Å². The third kappa shape index (κ3) is 10.1. The van der Waals surface area contributed by atoms with Gasteiger partial charge in [-0.2, -0.15) is 0 Å². The number of carbonyl (C=O) groups is 3. The number of hydrogen-bond donors (Lipinski definition) is 1. The molecule has 250 valence electrons. The van der Waals surface area contributed by atoms with E-state index in [0.717, 1.165) is 40.7 Å². The summed E-state index contributed by atoms with van der Waals surface area (Å²) in [5, 5.41) is 0. The van der Waals surface area contributed by atoms with Crippen LogP contribution in [0.2, 0.25) is 0 Å². The molecule has 0 spiro atoms. The van der Waals surface area contributed by atoms with Crippen molar-refractivity contribution in [3.63, 3.8) is 0 Å². The van der Waals surface area contributed by atoms with Crippen LogP contribution < -0.4 is 5.73 Å². The van der Waals surface area contributed by atoms with Gasteiger partial charge in [-0.15, -0.1) is 0 Å². The average Bonchev–Trinajstić information content (AvgIpc) is 3.05. The zero-order valence-corrected chi connectivity index (χ0v) is 29.0. The van der Waals surface area contributed by atoms with E-state index in [1.807, 2.05) is 98.5 Å². The lowest BCUT2D eigenvalue weighted by atomic mass is 9.95. The van der Waals surface area contributed by atoms with Gasteiger partial charge in [0.15, 0.2) is 0 Å². The standard InChI is InChI=1S/C40H52N4O3/c1-29-21-23-44(24-22-29)39(47)36(26-31-13-9-7-10-14-31)43(6)38(46)35(42(5)37(45)25-30(2)28-40(3,4)41)27-32-17-19-34(20-18-32)33-15-11-8-12-16-33/h7-20,25,29,35-36H,21-24,26-28,41H2,1-6H3/b30-25+/t35-,36-/m1/s1. The molecule has 0 saturated carbocycles. The van der Waals surface area contributed by atoms with Crippen LogP contribution in [-0.2, 0) is 27.2 Å². The highest BCUT2D eigenvalue weighted by Gasteiger charge is 2.37. The second-order valence-corrected chi connectivity index (χ2v) is 14.1. The number of amides is 3. The molecule has 2 atom stereocenters. The number of benzene rings is 3. The molecule has 1 fully saturated rings. The Kier molecular flexibility index (Phi) is 12.2. The van der Waals surface area contributed by atoms with Crippen LogP contribution in [0.1, 0.15) is 58.1 Å². The summed E-state index contributed by atoms with van der Waals surface area (Å²) < 4.78 is 0. The molecule has 0 radical (unpaired) electrons. The summed E-state index contributed by atoms with van der Waals surface area (Å²) in [6, 6.07) is 26.6. The zero-order valence-electron chi connectivity index (χ0n) is 29.0. The molecule has 2 N–H and O–H groups in total. The molecular formula is C40H52N4O3. The van der Waals surface area contributed by atoms with E-state index in [9.17, 15) is 14.4 Å². The summed E-state index contributed by atoms with van der Waals surface area (Å²) in [6.45, 7) is 9.32. The Bertz CT molecular complexity index is 1500. The van der Waals surface area contributed by atoms with Gasteiger partial charge in [-0.25, -0.2) is 0 Å². The maximum atomic E-state index is 14.6. The van der Waals surface area contributed by atoms with Gasteiger partial charge in [-0.3, -0.25) is 14.4 Å². The second kappa shape index (κ2) is 16.1. The van der Waals surface area contributed by atoms with Crippen molar-refractivity contribution in [1.29, 1.82) is 0 Å². The van der Waals surface area contributed by atoms with E-state index in [1.165, 1.54) is 4.90 Å². The summed E-state index contributed by atoms with van der Waals surface area (Å²) in [6.07, 6.45) is 4.73. The lowest BCUT2D eigenvalue weighted by Crippen LogP contribution is -2.57. The number of hydrogen-bond acceptors (Lipinski definition) is 4. The van der Waals surface area contributed by atoms with Gasteiger partial charge < -0.3 is 20.4 Å². The Balaban J connectivity index is 1.65. The molecule has 1 aliphatic rings. The summed E-state index contributed by atoms with van der Waals surface area (Å²) in [4.78, 5) is 47.4. The third-order valence-electron chi connectivity index (χ3n) is 9.16. The van der Waals surface area contributed by atoms with Crippen molar-refractivity contribution in [1.82, 2.24) is 14.7 Å². The van der Waals surface area contributed by atoms with Crippen molar-refractivity contribution in [2.24, 2.45) is 11.7 Å². The number of likely N-dealkylation sites (tertiary alicyclic amines) is 1. The van der Waals surface area contributed by atoms with Crippen LogP contribution in [0.4, 0.5) is 0 Å². The molecular weight excluding hydrogens is 584 g/mol. The molecule has 3 amide bonds. The van der Waals surface area contributed by atoms with E-state index in [4.69, 9.17) is 5.73 Å². The minimum absolute atomic E-state index is 0.0440. The first-order valence-corrected chi connectivity index (χ1v) is 16.8. The molecule has 0 aliphatic carbocycles. The van der Waals surface area contributed by atoms with E-state index < -0.39 is 17.6 Å². The Morgan fingerprint density at radius 3 is 1.89 bits per heavy atom. The van der Waals surface area contributed by atoms with Crippen LogP contribution in [0.3, 0.4) is 0 Å². The first kappa shape index (κ1) is 35.6. The molecule has 1 heterocycles. The van der Waals surface area contributed by atoms with Crippen molar-refractivity contribution in [2.45, 2.75) is 77.4 Å². The van der Waals surface area contributed by atoms with Crippen LogP contribution in [0.5, 0.6) is 0 Å². The number of nitrogens with two attached hydrogens (primary N) is 1. The van der Waals surface area contributed by atoms with E-state index in [1.54, 1.807) is 25.1 Å². The molecule has 7 heteroatoms. The molecule has 0 unspecified atom stereocenters. The van der Waals surface area contributed by atoms with Crippen LogP contribution in [0.15, 0.2) is 96.6 Å². The number of carbonyl (C=O) groups excluding carboxylic acids is 3. The van der Waals surface area contributed by atoms with Crippen LogP contribution >= 0.6 is 0 Å². The summed E-state index contributed by atoms with van der Waals surface area (Å²) in [7, 11) is 3.39. The summed E-state index contributed by atoms with van der Waals surface area (Å²) in [5.41, 5.74) is 10.7. The van der Waals surface area contributed by atoms with Gasteiger partial charge in [-0.1, -0.05) is 97.4 Å². The van der Waals surface area contributed by atoms with Crippen molar-refractivity contribution < 1.29 is 14.4 Å². The van der Waals surface area contributed by atoms with Crippen LogP contribution in [-0.4, -0.2) is 77.2 Å². The predicted molar refractivity (Wildman–Crippen MR) is 190 cm³/mol. The molecule has 7 nitrogen and oxygen atoms in total. The molecule has 47 heavy (non-hydrogen) atoms. The molecule has 3 aromatic carbocycles. The highest BCUT2D eigenvalue weighted by molar-refractivity contribution is 5.95. The average molecular weight is 637 g/mol. The topological polar surface area (TPSA) is 87.0 Å². The van der Waals surface area contributed by atoms with Crippen molar-refractivity contribution in [2.75, 3.05) is 27.2 Å². The summed E-state index contributed by atoms with van der Waals surface area (Å²) in [5.74, 6) is -0.00431. The number of piperidine rings is 1. The Morgan fingerprint density at radius 1 is 0.809 bits per heavy atom. The van der Waals surface area contributed by atoms with Crippen LogP contribution in [0, 0.1) is 5.92 Å². The van der Waals surface area contributed by atoms with Crippen molar-refractivity contribution in [3.05, 3.63) is 108 Å². The zero-order chi connectivity index (χ0) is 34.1. The van der Waals surface area contributed by atoms with Gasteiger partial charge in [-0.05, 0) is 68.2 Å². The van der Waals surface area contributed by atoms with E-state index in [0.29, 0.717) is 38.3 Å². The van der Waals surface area contributed by atoms with Gasteiger partial charge in [0, 0.05) is 51.6 Å². The molecule has 1 saturated heterocycles. The Hall–Kier alpha value is -4.23. The van der Waals surface area contributed by atoms with Gasteiger partial charge in [0.1, 0.15) is 12.1 Å². The third-order valence-corrected chi connectivity index (χ3v) is 9.16. The smallest absolute Gasteiger partial charge is 0.246 e. The van der Waals surface area contributed by atoms with Gasteiger partial charge in [0.25, 0.3) is 0 Å². The Labute approximate surface area is 281 Å². The maximum absolute atomic E-state index is 14.6. The monoisotopic (exact) mass is 636 g/mol. The number of rotatable bonds is 12. The first-order valence-electron chi connectivity index (χ1n) is 16.8. The van der Waals surface area contributed by atoms with E-state index in [2.05, 4.69) is 19.1 Å². The molecule has 4 rings (SSSR count). The highest BCUT2D eigenvalue weighted by atomic mass is 16.2. The lowest BCUT2D eigenvalue weighted by molar-refractivity contribution is -0.149. The molecule has 1 aliphatic heterocycles. The van der Waals surface area contributed by atoms with Crippen LogP contribution in [0.25, 0.3) is 11.1 Å². The minimum Gasteiger partial charge on any atom is -0.341 e. The second-order valence-electron chi connectivity index (χ2n) is 14.1. The largest absolute Gasteiger partial charge is 0.341 e. The summed E-state index contributed by atoms with van der Waals surface area (Å²) >= 11 is 0. The normalized spacial score (nSPS) is 15.6. The van der Waals surface area contributed by atoms with Gasteiger partial charge in [0.2, 0.25) is 17.7 Å². The molecule has 3 aromatic rings. The number of nitrogens with zero attached hydrogens (tertiary/aromatic N) is 3. The lowest BCUT2D eigenvalue weighted by Gasteiger charge is -2.38.